The van der Waals surface area contributed by atoms with Gasteiger partial charge in [0.2, 0.25) is 5.91 Å². The van der Waals surface area contributed by atoms with Crippen LogP contribution in [0.5, 0.6) is 11.5 Å². The van der Waals surface area contributed by atoms with E-state index in [1.54, 1.807) is 26.4 Å². The number of fused-ring (bicyclic) bond motifs is 1. The first-order valence-electron chi connectivity index (χ1n) is 7.19. The summed E-state index contributed by atoms with van der Waals surface area (Å²) in [7, 11) is 3.11. The van der Waals surface area contributed by atoms with Crippen LogP contribution in [0.2, 0.25) is 0 Å². The molecule has 0 aromatic heterocycles. The molecule has 1 aromatic rings. The number of nitrogens with one attached hydrogen (secondary N) is 1. The number of nitrogens with zero attached hydrogens (tertiary/aromatic N) is 1. The SMILES string of the molecule is COc1ccc(OC)c2c1CN(CCC(=O)NC(N)=O)C[C@@H]2O. The summed E-state index contributed by atoms with van der Waals surface area (Å²) in [6, 6.07) is 2.68. The van der Waals surface area contributed by atoms with Gasteiger partial charge in [0.25, 0.3) is 0 Å². The lowest BCUT2D eigenvalue weighted by molar-refractivity contribution is -0.120. The molecule has 0 radical (unpaired) electrons. The van der Waals surface area contributed by atoms with Crippen molar-refractivity contribution in [3.05, 3.63) is 23.3 Å². The van der Waals surface area contributed by atoms with Crippen molar-refractivity contribution in [1.82, 2.24) is 10.2 Å². The minimum atomic E-state index is -0.870. The Labute approximate surface area is 134 Å². The number of amides is 3. The van der Waals surface area contributed by atoms with Crippen LogP contribution in [0.3, 0.4) is 0 Å². The largest absolute Gasteiger partial charge is 0.496 e. The Hall–Kier alpha value is -2.32. The molecule has 4 N–H and O–H groups in total. The van der Waals surface area contributed by atoms with Gasteiger partial charge in [-0.25, -0.2) is 4.79 Å². The number of methoxy groups -OCH3 is 2. The van der Waals surface area contributed by atoms with E-state index >= 15 is 0 Å². The van der Waals surface area contributed by atoms with Gasteiger partial charge >= 0.3 is 6.03 Å². The van der Waals surface area contributed by atoms with Crippen molar-refractivity contribution in [3.63, 3.8) is 0 Å². The standard InChI is InChI=1S/C15H21N3O5/c1-22-11-3-4-12(23-2)14-9(11)7-18(8-10(14)19)6-5-13(20)17-15(16)21/h3-4,10,19H,5-8H2,1-2H3,(H3,16,17,20,21)/t10-/m0/s1. The predicted molar refractivity (Wildman–Crippen MR) is 82.1 cm³/mol. The van der Waals surface area contributed by atoms with E-state index in [0.29, 0.717) is 36.7 Å². The van der Waals surface area contributed by atoms with Crippen LogP contribution in [0.1, 0.15) is 23.7 Å². The van der Waals surface area contributed by atoms with Crippen molar-refractivity contribution in [3.8, 4) is 11.5 Å². The molecule has 0 unspecified atom stereocenters. The van der Waals surface area contributed by atoms with Crippen LogP contribution < -0.4 is 20.5 Å². The van der Waals surface area contributed by atoms with E-state index in [-0.39, 0.29) is 6.42 Å². The molecule has 0 bridgehead atoms. The van der Waals surface area contributed by atoms with E-state index in [2.05, 4.69) is 0 Å². The number of rotatable bonds is 5. The third-order valence-corrected chi connectivity index (χ3v) is 3.78. The number of carbonyl (C=O) groups excluding carboxylic acids is 2. The highest BCUT2D eigenvalue weighted by Gasteiger charge is 2.29. The van der Waals surface area contributed by atoms with Crippen LogP contribution in [0.4, 0.5) is 4.79 Å². The van der Waals surface area contributed by atoms with Crippen LogP contribution >= 0.6 is 0 Å². The Bertz CT molecular complexity index is 605. The van der Waals surface area contributed by atoms with Crippen molar-refractivity contribution in [2.45, 2.75) is 19.1 Å². The fourth-order valence-electron chi connectivity index (χ4n) is 2.77. The Morgan fingerprint density at radius 1 is 1.35 bits per heavy atom. The predicted octanol–water partition coefficient (Wildman–Crippen LogP) is 0.138. The van der Waals surface area contributed by atoms with Crippen LogP contribution in [-0.4, -0.2) is 49.3 Å². The van der Waals surface area contributed by atoms with Crippen molar-refractivity contribution >= 4 is 11.9 Å². The van der Waals surface area contributed by atoms with E-state index < -0.39 is 18.0 Å². The van der Waals surface area contributed by atoms with Crippen LogP contribution in [-0.2, 0) is 11.3 Å². The van der Waals surface area contributed by atoms with E-state index in [9.17, 15) is 14.7 Å². The molecule has 1 aliphatic rings. The second-order valence-electron chi connectivity index (χ2n) is 5.28. The zero-order valence-electron chi connectivity index (χ0n) is 13.2. The zero-order valence-corrected chi connectivity index (χ0v) is 13.2. The number of nitrogens with two attached hydrogens (primary N) is 1. The number of hydrogen-bond donors (Lipinski definition) is 3. The van der Waals surface area contributed by atoms with Gasteiger partial charge in [0, 0.05) is 37.2 Å². The maximum atomic E-state index is 11.5. The molecule has 3 amide bonds. The van der Waals surface area contributed by atoms with Gasteiger partial charge in [0.05, 0.1) is 20.3 Å². The Morgan fingerprint density at radius 2 is 2.00 bits per heavy atom. The average molecular weight is 323 g/mol. The first-order chi connectivity index (χ1) is 11.0. The molecule has 126 valence electrons. The smallest absolute Gasteiger partial charge is 0.318 e. The van der Waals surface area contributed by atoms with Gasteiger partial charge < -0.3 is 20.3 Å². The summed E-state index contributed by atoms with van der Waals surface area (Å²) in [6.45, 7) is 1.26. The number of imide groups is 1. The second kappa shape index (κ2) is 7.30. The highest BCUT2D eigenvalue weighted by molar-refractivity contribution is 5.93. The van der Waals surface area contributed by atoms with E-state index in [1.807, 2.05) is 10.2 Å². The van der Waals surface area contributed by atoms with E-state index in [1.165, 1.54) is 0 Å². The van der Waals surface area contributed by atoms with Crippen LogP contribution in [0.15, 0.2) is 12.1 Å². The quantitative estimate of drug-likeness (QED) is 0.710. The van der Waals surface area contributed by atoms with Crippen molar-refractivity contribution in [2.75, 3.05) is 27.3 Å². The van der Waals surface area contributed by atoms with Gasteiger partial charge in [0.15, 0.2) is 0 Å². The van der Waals surface area contributed by atoms with Crippen LogP contribution in [0.25, 0.3) is 0 Å². The molecule has 8 nitrogen and oxygen atoms in total. The molecular formula is C15H21N3O5. The lowest BCUT2D eigenvalue weighted by Crippen LogP contribution is -2.39. The number of primary amides is 1. The van der Waals surface area contributed by atoms with Crippen LogP contribution in [0, 0.1) is 0 Å². The Kier molecular flexibility index (Phi) is 5.41. The number of aliphatic hydroxyl groups is 1. The maximum absolute atomic E-state index is 11.5. The fourth-order valence-corrected chi connectivity index (χ4v) is 2.77. The number of hydrogen-bond acceptors (Lipinski definition) is 6. The molecule has 0 saturated heterocycles. The molecule has 0 saturated carbocycles. The van der Waals surface area contributed by atoms with Crippen molar-refractivity contribution < 1.29 is 24.2 Å². The Morgan fingerprint density at radius 3 is 2.61 bits per heavy atom. The molecule has 2 rings (SSSR count). The summed E-state index contributed by atoms with van der Waals surface area (Å²) in [5.74, 6) is 0.820. The third kappa shape index (κ3) is 3.91. The van der Waals surface area contributed by atoms with E-state index in [4.69, 9.17) is 15.2 Å². The summed E-state index contributed by atoms with van der Waals surface area (Å²) in [4.78, 5) is 24.1. The maximum Gasteiger partial charge on any atom is 0.318 e. The number of aliphatic hydroxyl groups excluding tert-OH is 1. The molecular weight excluding hydrogens is 302 g/mol. The minimum Gasteiger partial charge on any atom is -0.496 e. The van der Waals surface area contributed by atoms with Crippen molar-refractivity contribution in [2.24, 2.45) is 5.73 Å². The third-order valence-electron chi connectivity index (χ3n) is 3.78. The number of benzene rings is 1. The normalized spacial score (nSPS) is 17.3. The first-order valence-corrected chi connectivity index (χ1v) is 7.19. The van der Waals surface area contributed by atoms with Gasteiger partial charge in [-0.2, -0.15) is 0 Å². The second-order valence-corrected chi connectivity index (χ2v) is 5.28. The number of ether oxygens (including phenoxy) is 2. The molecule has 0 fully saturated rings. The topological polar surface area (TPSA) is 114 Å². The number of carbonyl (C=O) groups is 2. The number of urea groups is 1. The van der Waals surface area contributed by atoms with Gasteiger partial charge in [-0.05, 0) is 12.1 Å². The molecule has 8 heteroatoms. The first kappa shape index (κ1) is 17.0. The minimum absolute atomic E-state index is 0.108. The molecule has 0 spiro atoms. The summed E-state index contributed by atoms with van der Waals surface area (Å²) >= 11 is 0. The highest BCUT2D eigenvalue weighted by atomic mass is 16.5. The summed E-state index contributed by atoms with van der Waals surface area (Å²) in [6.07, 6.45) is -0.639. The molecule has 1 atom stereocenters. The summed E-state index contributed by atoms with van der Waals surface area (Å²) in [5.41, 5.74) is 6.45. The summed E-state index contributed by atoms with van der Waals surface area (Å²) in [5, 5.41) is 12.4. The lowest BCUT2D eigenvalue weighted by Gasteiger charge is -2.33. The van der Waals surface area contributed by atoms with E-state index in [0.717, 1.165) is 5.56 Å². The fraction of sp³-hybridized carbons (Fsp3) is 0.467. The van der Waals surface area contributed by atoms with Crippen molar-refractivity contribution in [1.29, 1.82) is 0 Å². The summed E-state index contributed by atoms with van der Waals surface area (Å²) < 4.78 is 10.7. The number of β-amino-alcohol motifs (C(OH)–C–C–N with tert-alkyl or cyclic N) is 1. The van der Waals surface area contributed by atoms with Gasteiger partial charge in [-0.3, -0.25) is 15.0 Å². The monoisotopic (exact) mass is 323 g/mol. The Balaban J connectivity index is 2.13. The molecule has 1 aromatic carbocycles. The lowest BCUT2D eigenvalue weighted by atomic mass is 9.95. The molecule has 1 aliphatic heterocycles. The molecule has 0 aliphatic carbocycles. The molecule has 1 heterocycles. The zero-order chi connectivity index (χ0) is 17.0. The average Bonchev–Trinajstić information content (AvgIpc) is 2.51. The van der Waals surface area contributed by atoms with Gasteiger partial charge in [-0.15, -0.1) is 0 Å². The molecule has 23 heavy (non-hydrogen) atoms. The highest BCUT2D eigenvalue weighted by Crippen LogP contribution is 2.39. The van der Waals surface area contributed by atoms with Gasteiger partial charge in [0.1, 0.15) is 11.5 Å². The van der Waals surface area contributed by atoms with Gasteiger partial charge in [-0.1, -0.05) is 0 Å².